The molecule has 0 aliphatic carbocycles. The smallest absolute Gasteiger partial charge is 0.268 e. The van der Waals surface area contributed by atoms with Gasteiger partial charge in [-0.2, -0.15) is 5.26 Å². The number of unbranched alkanes of at least 4 members (excludes halogenated alkanes) is 1. The number of ether oxygens (including phenoxy) is 1. The molecule has 1 aliphatic heterocycles. The second kappa shape index (κ2) is 11.6. The van der Waals surface area contributed by atoms with Crippen molar-refractivity contribution in [3.63, 3.8) is 0 Å². The zero-order valence-corrected chi connectivity index (χ0v) is 19.4. The number of hydrogen-bond donors (Lipinski definition) is 2. The number of nitrogens with zero attached hydrogens (tertiary/aromatic N) is 3. The van der Waals surface area contributed by atoms with Gasteiger partial charge < -0.3 is 20.3 Å². The van der Waals surface area contributed by atoms with Crippen LogP contribution in [0, 0.1) is 11.3 Å². The number of benzene rings is 1. The Morgan fingerprint density at radius 1 is 1.26 bits per heavy atom. The van der Waals surface area contributed by atoms with Crippen LogP contribution in [0.4, 0.5) is 8.78 Å². The van der Waals surface area contributed by atoms with Crippen LogP contribution < -0.4 is 15.4 Å². The molecule has 186 valence electrons. The molecule has 1 aliphatic rings. The van der Waals surface area contributed by atoms with E-state index in [1.54, 1.807) is 31.2 Å². The number of alkyl halides is 2. The van der Waals surface area contributed by atoms with Crippen LogP contribution in [0.3, 0.4) is 0 Å². The first-order valence-corrected chi connectivity index (χ1v) is 11.4. The Hall–Kier alpha value is -3.81. The van der Waals surface area contributed by atoms with Crippen LogP contribution in [0.5, 0.6) is 5.75 Å². The van der Waals surface area contributed by atoms with Crippen LogP contribution in [0.25, 0.3) is 10.9 Å². The molecule has 0 bridgehead atoms. The molecule has 11 heteroatoms. The maximum atomic E-state index is 13.6. The van der Waals surface area contributed by atoms with Gasteiger partial charge in [-0.1, -0.05) is 6.92 Å². The SMILES string of the molecule is CCC(=O)NCCCCOc1ccc2nccc(C(=O)NCC(=O)N3CC(F)(F)CC3C#N)c2c1. The number of amides is 3. The van der Waals surface area contributed by atoms with Crippen LogP contribution in [0.15, 0.2) is 30.5 Å². The summed E-state index contributed by atoms with van der Waals surface area (Å²) < 4.78 is 33.0. The van der Waals surface area contributed by atoms with Crippen LogP contribution in [0.1, 0.15) is 43.0 Å². The second-order valence-electron chi connectivity index (χ2n) is 8.21. The van der Waals surface area contributed by atoms with Gasteiger partial charge in [0.05, 0.1) is 36.8 Å². The van der Waals surface area contributed by atoms with E-state index in [2.05, 4.69) is 15.6 Å². The van der Waals surface area contributed by atoms with E-state index in [0.29, 0.717) is 36.2 Å². The third-order valence-electron chi connectivity index (χ3n) is 5.58. The molecule has 9 nitrogen and oxygen atoms in total. The average molecular weight is 488 g/mol. The molecule has 2 aromatic rings. The Labute approximate surface area is 201 Å². The fraction of sp³-hybridized carbons (Fsp3) is 0.458. The Kier molecular flexibility index (Phi) is 8.52. The number of rotatable bonds is 10. The number of hydrogen-bond acceptors (Lipinski definition) is 6. The summed E-state index contributed by atoms with van der Waals surface area (Å²) in [5.41, 5.74) is 0.793. The van der Waals surface area contributed by atoms with Gasteiger partial charge in [0.15, 0.2) is 0 Å². The molecule has 1 aromatic heterocycles. The number of pyridine rings is 1. The van der Waals surface area contributed by atoms with Crippen molar-refractivity contribution in [2.45, 2.75) is 44.6 Å². The van der Waals surface area contributed by atoms with Crippen LogP contribution >= 0.6 is 0 Å². The monoisotopic (exact) mass is 487 g/mol. The molecular weight excluding hydrogens is 460 g/mol. The summed E-state index contributed by atoms with van der Waals surface area (Å²) in [5.74, 6) is -3.91. The van der Waals surface area contributed by atoms with Gasteiger partial charge in [-0.05, 0) is 37.1 Å². The third kappa shape index (κ3) is 6.85. The van der Waals surface area contributed by atoms with Crippen molar-refractivity contribution in [2.24, 2.45) is 0 Å². The third-order valence-corrected chi connectivity index (χ3v) is 5.58. The summed E-state index contributed by atoms with van der Waals surface area (Å²) in [5, 5.41) is 14.8. The summed E-state index contributed by atoms with van der Waals surface area (Å²) >= 11 is 0. The highest BCUT2D eigenvalue weighted by molar-refractivity contribution is 6.07. The van der Waals surface area contributed by atoms with Gasteiger partial charge in [-0.15, -0.1) is 0 Å². The zero-order chi connectivity index (χ0) is 25.4. The molecule has 0 spiro atoms. The molecule has 1 aromatic carbocycles. The van der Waals surface area contributed by atoms with Gasteiger partial charge in [0.2, 0.25) is 11.8 Å². The maximum absolute atomic E-state index is 13.6. The predicted molar refractivity (Wildman–Crippen MR) is 123 cm³/mol. The summed E-state index contributed by atoms with van der Waals surface area (Å²) in [7, 11) is 0. The van der Waals surface area contributed by atoms with E-state index in [-0.39, 0.29) is 11.5 Å². The van der Waals surface area contributed by atoms with Crippen molar-refractivity contribution in [2.75, 3.05) is 26.2 Å². The molecule has 35 heavy (non-hydrogen) atoms. The molecule has 3 amide bonds. The lowest BCUT2D eigenvalue weighted by molar-refractivity contribution is -0.131. The minimum Gasteiger partial charge on any atom is -0.494 e. The molecule has 0 saturated carbocycles. The quantitative estimate of drug-likeness (QED) is 0.496. The topological polar surface area (TPSA) is 124 Å². The fourth-order valence-corrected chi connectivity index (χ4v) is 3.73. The molecule has 0 radical (unpaired) electrons. The maximum Gasteiger partial charge on any atom is 0.268 e. The van der Waals surface area contributed by atoms with Gasteiger partial charge >= 0.3 is 0 Å². The fourth-order valence-electron chi connectivity index (χ4n) is 3.73. The van der Waals surface area contributed by atoms with Gasteiger partial charge in [0.25, 0.3) is 11.8 Å². The van der Waals surface area contributed by atoms with Crippen molar-refractivity contribution >= 4 is 28.6 Å². The van der Waals surface area contributed by atoms with Crippen LogP contribution in [0.2, 0.25) is 0 Å². The number of halogens is 2. The predicted octanol–water partition coefficient (Wildman–Crippen LogP) is 2.41. The summed E-state index contributed by atoms with van der Waals surface area (Å²) in [4.78, 5) is 41.4. The number of nitrogens with one attached hydrogen (secondary N) is 2. The van der Waals surface area contributed by atoms with Gasteiger partial charge in [0, 0.05) is 31.0 Å². The first kappa shape index (κ1) is 25.8. The molecule has 1 atom stereocenters. The molecule has 2 heterocycles. The van der Waals surface area contributed by atoms with Crippen molar-refractivity contribution in [3.8, 4) is 11.8 Å². The van der Waals surface area contributed by atoms with Crippen LogP contribution in [-0.4, -0.2) is 65.8 Å². The lowest BCUT2D eigenvalue weighted by Gasteiger charge is -2.19. The number of fused-ring (bicyclic) bond motifs is 1. The van der Waals surface area contributed by atoms with E-state index in [4.69, 9.17) is 10.00 Å². The largest absolute Gasteiger partial charge is 0.494 e. The molecular formula is C24H27F2N5O4. The van der Waals surface area contributed by atoms with Gasteiger partial charge in [-0.3, -0.25) is 19.4 Å². The molecule has 3 rings (SSSR count). The molecule has 1 fully saturated rings. The average Bonchev–Trinajstić information content (AvgIpc) is 3.18. The van der Waals surface area contributed by atoms with Crippen molar-refractivity contribution in [3.05, 3.63) is 36.0 Å². The lowest BCUT2D eigenvalue weighted by Crippen LogP contribution is -2.43. The van der Waals surface area contributed by atoms with Crippen molar-refractivity contribution in [1.82, 2.24) is 20.5 Å². The minimum absolute atomic E-state index is 0.00343. The van der Waals surface area contributed by atoms with Crippen LogP contribution in [-0.2, 0) is 9.59 Å². The van der Waals surface area contributed by atoms with E-state index in [1.165, 1.54) is 12.3 Å². The Balaban J connectivity index is 1.59. The van der Waals surface area contributed by atoms with E-state index < -0.39 is 43.3 Å². The highest BCUT2D eigenvalue weighted by Crippen LogP contribution is 2.31. The highest BCUT2D eigenvalue weighted by Gasteiger charge is 2.47. The van der Waals surface area contributed by atoms with Gasteiger partial charge in [-0.25, -0.2) is 8.78 Å². The van der Waals surface area contributed by atoms with E-state index in [9.17, 15) is 23.2 Å². The normalized spacial score (nSPS) is 16.5. The standard InChI is InChI=1S/C24H27F2N5O4/c1-2-21(32)29-8-3-4-10-35-17-5-6-20-19(11-17)18(7-9-28-20)23(34)30-14-22(33)31-15-24(25,26)12-16(31)13-27/h5-7,9,11,16H,2-4,8,10,12,14-15H2,1H3,(H,29,32)(H,30,34). The van der Waals surface area contributed by atoms with Crippen molar-refractivity contribution in [1.29, 1.82) is 5.26 Å². The Morgan fingerprint density at radius 3 is 2.80 bits per heavy atom. The molecule has 1 saturated heterocycles. The van der Waals surface area contributed by atoms with Crippen molar-refractivity contribution < 1.29 is 27.9 Å². The summed E-state index contributed by atoms with van der Waals surface area (Å²) in [6.07, 6.45) is 2.67. The minimum atomic E-state index is -3.12. The number of likely N-dealkylation sites (tertiary alicyclic amines) is 1. The Morgan fingerprint density at radius 2 is 2.06 bits per heavy atom. The second-order valence-corrected chi connectivity index (χ2v) is 8.21. The Bertz CT molecular complexity index is 1130. The lowest BCUT2D eigenvalue weighted by atomic mass is 10.1. The van der Waals surface area contributed by atoms with E-state index in [0.717, 1.165) is 17.7 Å². The first-order chi connectivity index (χ1) is 16.7. The number of carbonyl (C=O) groups excluding carboxylic acids is 3. The zero-order valence-electron chi connectivity index (χ0n) is 19.4. The summed E-state index contributed by atoms with van der Waals surface area (Å²) in [6, 6.07) is 7.08. The van der Waals surface area contributed by atoms with E-state index in [1.807, 2.05) is 0 Å². The van der Waals surface area contributed by atoms with E-state index >= 15 is 0 Å². The first-order valence-electron chi connectivity index (χ1n) is 11.4. The highest BCUT2D eigenvalue weighted by atomic mass is 19.3. The number of nitriles is 1. The number of aromatic nitrogens is 1. The number of carbonyl (C=O) groups is 3. The molecule has 2 N–H and O–H groups in total. The summed E-state index contributed by atoms with van der Waals surface area (Å²) in [6.45, 7) is 1.43. The van der Waals surface area contributed by atoms with Gasteiger partial charge in [0.1, 0.15) is 11.8 Å². The molecule has 1 unspecified atom stereocenters.